The van der Waals surface area contributed by atoms with Crippen molar-refractivity contribution in [3.8, 4) is 0 Å². The van der Waals surface area contributed by atoms with E-state index in [-0.39, 0.29) is 31.8 Å². The standard InChI is InChI=1S/C33H44N6O7S/c1-20(2)28-29(40)34-21(3)30(41)39-16-6-7-26(37-39)31(42)46-22(4)25-11-10-24-9-8-23(19-27(24)35-25)12-13-33(32(43)36-28)14-17-38(18-15-33)47(5,44)45/h8-13,19-22,26,28,37H,6-7,14-18H2,1-5H3,(H,34,40)(H,36,43). The highest BCUT2D eigenvalue weighted by atomic mass is 32.2. The molecule has 3 N–H and O–H groups in total. The number of hydrazine groups is 1. The summed E-state index contributed by atoms with van der Waals surface area (Å²) in [6.45, 7) is 7.52. The van der Waals surface area contributed by atoms with E-state index < -0.39 is 63.4 Å². The summed E-state index contributed by atoms with van der Waals surface area (Å²) in [5, 5.41) is 7.88. The minimum Gasteiger partial charge on any atom is -0.455 e. The van der Waals surface area contributed by atoms with Crippen LogP contribution in [0, 0.1) is 11.3 Å². The Kier molecular flexibility index (Phi) is 10.0. The third kappa shape index (κ3) is 7.65. The summed E-state index contributed by atoms with van der Waals surface area (Å²) in [5.41, 5.74) is 3.86. The second kappa shape index (κ2) is 13.7. The molecule has 1 aromatic carbocycles. The van der Waals surface area contributed by atoms with Gasteiger partial charge in [-0.2, -0.15) is 0 Å². The number of aromatic nitrogens is 1. The number of amides is 3. The molecule has 13 nitrogen and oxygen atoms in total. The maximum atomic E-state index is 14.1. The lowest BCUT2D eigenvalue weighted by Crippen LogP contribution is -2.61. The summed E-state index contributed by atoms with van der Waals surface area (Å²) in [5.74, 6) is -2.18. The largest absolute Gasteiger partial charge is 0.455 e. The van der Waals surface area contributed by atoms with E-state index in [9.17, 15) is 27.6 Å². The van der Waals surface area contributed by atoms with Gasteiger partial charge >= 0.3 is 5.97 Å². The molecule has 5 rings (SSSR count). The number of nitrogens with one attached hydrogen (secondary N) is 3. The number of carbonyl (C=O) groups is 4. The Bertz CT molecular complexity index is 1690. The van der Waals surface area contributed by atoms with Gasteiger partial charge in [0.1, 0.15) is 24.2 Å². The van der Waals surface area contributed by atoms with Crippen LogP contribution in [-0.2, 0) is 33.9 Å². The van der Waals surface area contributed by atoms with E-state index in [1.54, 1.807) is 39.8 Å². The summed E-state index contributed by atoms with van der Waals surface area (Å²) >= 11 is 0. The van der Waals surface area contributed by atoms with Crippen molar-refractivity contribution in [2.45, 2.75) is 77.6 Å². The smallest absolute Gasteiger partial charge is 0.325 e. The van der Waals surface area contributed by atoms with Crippen LogP contribution in [0.1, 0.15) is 70.7 Å². The molecule has 3 amide bonds. The highest BCUT2D eigenvalue weighted by Gasteiger charge is 2.43. The van der Waals surface area contributed by atoms with Crippen LogP contribution in [0.3, 0.4) is 0 Å². The van der Waals surface area contributed by atoms with Crippen molar-refractivity contribution in [2.24, 2.45) is 11.3 Å². The predicted molar refractivity (Wildman–Crippen MR) is 176 cm³/mol. The van der Waals surface area contributed by atoms with Gasteiger partial charge in [0.25, 0.3) is 5.91 Å². The summed E-state index contributed by atoms with van der Waals surface area (Å²) < 4.78 is 31.7. The van der Waals surface area contributed by atoms with Gasteiger partial charge in [-0.15, -0.1) is 0 Å². The molecule has 3 aliphatic rings. The van der Waals surface area contributed by atoms with Crippen LogP contribution in [0.4, 0.5) is 0 Å². The molecule has 1 spiro atoms. The summed E-state index contributed by atoms with van der Waals surface area (Å²) in [6, 6.07) is 6.72. The van der Waals surface area contributed by atoms with Crippen LogP contribution >= 0.6 is 0 Å². The number of cyclic esters (lactones) is 1. The first-order valence-electron chi connectivity index (χ1n) is 16.1. The lowest BCUT2D eigenvalue weighted by atomic mass is 9.77. The minimum atomic E-state index is -3.46. The van der Waals surface area contributed by atoms with Crippen LogP contribution < -0.4 is 16.1 Å². The van der Waals surface area contributed by atoms with E-state index in [2.05, 4.69) is 16.1 Å². The number of esters is 1. The average Bonchev–Trinajstić information content (AvgIpc) is 3.04. The van der Waals surface area contributed by atoms with Gasteiger partial charge in [0, 0.05) is 25.0 Å². The van der Waals surface area contributed by atoms with Gasteiger partial charge in [0.05, 0.1) is 22.9 Å². The van der Waals surface area contributed by atoms with Gasteiger partial charge in [-0.3, -0.25) is 24.2 Å². The number of hydrogen-bond acceptors (Lipinski definition) is 9. The second-order valence-corrected chi connectivity index (χ2v) is 15.1. The zero-order chi connectivity index (χ0) is 34.1. The Hall–Kier alpha value is -3.88. The molecule has 0 radical (unpaired) electrons. The number of fused-ring (bicyclic) bond motifs is 4. The molecule has 4 atom stereocenters. The van der Waals surface area contributed by atoms with Gasteiger partial charge in [-0.1, -0.05) is 44.2 Å². The highest BCUT2D eigenvalue weighted by molar-refractivity contribution is 7.88. The number of carbonyl (C=O) groups excluding carboxylic acids is 4. The first-order chi connectivity index (χ1) is 22.2. The number of nitrogens with zero attached hydrogens (tertiary/aromatic N) is 3. The zero-order valence-electron chi connectivity index (χ0n) is 27.5. The molecule has 3 aliphatic heterocycles. The number of ether oxygens (including phenoxy) is 1. The normalized spacial score (nSPS) is 26.7. The molecular formula is C33H44N6O7S. The Morgan fingerprint density at radius 2 is 1.70 bits per heavy atom. The lowest BCUT2D eigenvalue weighted by Gasteiger charge is -2.39. The first-order valence-corrected chi connectivity index (χ1v) is 18.0. The molecule has 14 heteroatoms. The maximum absolute atomic E-state index is 14.1. The van der Waals surface area contributed by atoms with Gasteiger partial charge in [-0.25, -0.2) is 23.1 Å². The third-order valence-corrected chi connectivity index (χ3v) is 10.6. The first kappa shape index (κ1) is 34.5. The van der Waals surface area contributed by atoms with Crippen LogP contribution in [0.15, 0.2) is 36.4 Å². The Morgan fingerprint density at radius 3 is 2.38 bits per heavy atom. The Labute approximate surface area is 275 Å². The lowest BCUT2D eigenvalue weighted by molar-refractivity contribution is -0.157. The number of hydrogen-bond donors (Lipinski definition) is 3. The van der Waals surface area contributed by atoms with Crippen molar-refractivity contribution in [3.63, 3.8) is 0 Å². The van der Waals surface area contributed by atoms with Crippen molar-refractivity contribution in [2.75, 3.05) is 25.9 Å². The zero-order valence-corrected chi connectivity index (χ0v) is 28.3. The highest BCUT2D eigenvalue weighted by Crippen LogP contribution is 2.36. The molecule has 2 fully saturated rings. The van der Waals surface area contributed by atoms with Gasteiger partial charge < -0.3 is 15.4 Å². The average molecular weight is 669 g/mol. The van der Waals surface area contributed by atoms with Crippen LogP contribution in [-0.4, -0.2) is 90.4 Å². The molecule has 4 heterocycles. The molecule has 1 aromatic heterocycles. The predicted octanol–water partition coefficient (Wildman–Crippen LogP) is 2.05. The van der Waals surface area contributed by atoms with Crippen molar-refractivity contribution < 1.29 is 32.3 Å². The number of pyridine rings is 1. The van der Waals surface area contributed by atoms with E-state index in [1.165, 1.54) is 9.31 Å². The van der Waals surface area contributed by atoms with Crippen molar-refractivity contribution >= 4 is 50.7 Å². The second-order valence-electron chi connectivity index (χ2n) is 13.2. The molecule has 4 unspecified atom stereocenters. The molecule has 0 aliphatic carbocycles. The molecular weight excluding hydrogens is 624 g/mol. The van der Waals surface area contributed by atoms with E-state index >= 15 is 0 Å². The number of piperidine rings is 1. The quantitative estimate of drug-likeness (QED) is 0.406. The van der Waals surface area contributed by atoms with E-state index in [0.29, 0.717) is 30.6 Å². The van der Waals surface area contributed by atoms with Crippen molar-refractivity contribution in [1.82, 2.24) is 30.4 Å². The van der Waals surface area contributed by atoms with E-state index in [0.717, 1.165) is 17.2 Å². The molecule has 5 bridgehead atoms. The maximum Gasteiger partial charge on any atom is 0.325 e. The summed E-state index contributed by atoms with van der Waals surface area (Å²) in [7, 11) is -3.46. The monoisotopic (exact) mass is 668 g/mol. The fourth-order valence-electron chi connectivity index (χ4n) is 6.27. The molecule has 2 saturated heterocycles. The van der Waals surface area contributed by atoms with Gasteiger partial charge in [0.2, 0.25) is 21.8 Å². The van der Waals surface area contributed by atoms with Gasteiger partial charge in [0.15, 0.2) is 0 Å². The minimum absolute atomic E-state index is 0.143. The summed E-state index contributed by atoms with van der Waals surface area (Å²) in [6.07, 6.45) is 5.56. The third-order valence-electron chi connectivity index (χ3n) is 9.28. The van der Waals surface area contributed by atoms with Crippen molar-refractivity contribution in [3.05, 3.63) is 47.7 Å². The Balaban J connectivity index is 1.54. The Morgan fingerprint density at radius 1 is 1.00 bits per heavy atom. The molecule has 254 valence electrons. The number of rotatable bonds is 2. The fraction of sp³-hybridized carbons (Fsp3) is 0.545. The molecule has 0 saturated carbocycles. The molecule has 2 aromatic rings. The SMILES string of the molecule is CC1NC(=O)C(C(C)C)NC(=O)C2(C=Cc3ccc4ccc(nc4c3)C(C)OC(=O)C3CCCN(N3)C1=O)CCN(S(C)(=O)=O)CC2. The van der Waals surface area contributed by atoms with Crippen LogP contribution in [0.25, 0.3) is 17.0 Å². The number of sulfonamides is 1. The van der Waals surface area contributed by atoms with E-state index in [1.807, 2.05) is 30.3 Å². The topological polar surface area (TPSA) is 167 Å². The van der Waals surface area contributed by atoms with Crippen LogP contribution in [0.2, 0.25) is 0 Å². The van der Waals surface area contributed by atoms with Gasteiger partial charge in [-0.05, 0) is 63.1 Å². The van der Waals surface area contributed by atoms with Crippen LogP contribution in [0.5, 0.6) is 0 Å². The molecule has 47 heavy (non-hydrogen) atoms. The van der Waals surface area contributed by atoms with E-state index in [4.69, 9.17) is 9.72 Å². The summed E-state index contributed by atoms with van der Waals surface area (Å²) in [4.78, 5) is 59.0. The van der Waals surface area contributed by atoms with Crippen molar-refractivity contribution in [1.29, 1.82) is 0 Å². The number of benzene rings is 1. The fourth-order valence-corrected chi connectivity index (χ4v) is 7.12.